The van der Waals surface area contributed by atoms with E-state index in [4.69, 9.17) is 10.00 Å². The second kappa shape index (κ2) is 4.66. The van der Waals surface area contributed by atoms with Crippen LogP contribution in [0.3, 0.4) is 0 Å². The molecule has 0 aliphatic carbocycles. The molecule has 0 N–H and O–H groups in total. The molecule has 0 atom stereocenters. The molecule has 0 aromatic heterocycles. The summed E-state index contributed by atoms with van der Waals surface area (Å²) in [6.45, 7) is 4.30. The molecule has 2 nitrogen and oxygen atoms in total. The largest absolute Gasteiger partial charge is 0.496 e. The van der Waals surface area contributed by atoms with Crippen molar-refractivity contribution in [3.05, 3.63) is 29.3 Å². The van der Waals surface area contributed by atoms with Crippen molar-refractivity contribution in [3.63, 3.8) is 0 Å². The van der Waals surface area contributed by atoms with E-state index in [9.17, 15) is 0 Å². The van der Waals surface area contributed by atoms with Gasteiger partial charge < -0.3 is 4.74 Å². The summed E-state index contributed by atoms with van der Waals surface area (Å²) in [5.74, 6) is 1.44. The summed E-state index contributed by atoms with van der Waals surface area (Å²) in [6.07, 6.45) is 0.943. The van der Waals surface area contributed by atoms with Crippen LogP contribution in [0.2, 0.25) is 0 Å². The molecule has 0 aliphatic heterocycles. The van der Waals surface area contributed by atoms with Crippen LogP contribution in [0.1, 0.15) is 25.0 Å². The van der Waals surface area contributed by atoms with Gasteiger partial charge in [0.1, 0.15) is 5.75 Å². The van der Waals surface area contributed by atoms with E-state index < -0.39 is 0 Å². The Bertz CT molecular complexity index is 350. The predicted octanol–water partition coefficient (Wildman–Crippen LogP) is 2.77. The molecule has 0 fully saturated rings. The Morgan fingerprint density at radius 1 is 1.43 bits per heavy atom. The Hall–Kier alpha value is -1.49. The minimum atomic E-state index is 0.567. The normalized spacial score (nSPS) is 9.93. The highest BCUT2D eigenvalue weighted by Crippen LogP contribution is 2.22. The van der Waals surface area contributed by atoms with Gasteiger partial charge in [0.05, 0.1) is 18.7 Å². The molecule has 1 aromatic rings. The van der Waals surface area contributed by atoms with Crippen LogP contribution in [0, 0.1) is 17.2 Å². The Kier molecular flexibility index (Phi) is 3.53. The molecule has 2 heteroatoms. The summed E-state index contributed by atoms with van der Waals surface area (Å²) in [4.78, 5) is 0. The highest BCUT2D eigenvalue weighted by molar-refractivity contribution is 5.42. The molecule has 1 aromatic carbocycles. The molecular weight excluding hydrogens is 174 g/mol. The van der Waals surface area contributed by atoms with Crippen LogP contribution in [-0.2, 0) is 6.42 Å². The summed E-state index contributed by atoms with van der Waals surface area (Å²) in [5.41, 5.74) is 1.81. The summed E-state index contributed by atoms with van der Waals surface area (Å²) in [6, 6.07) is 7.68. The number of rotatable bonds is 3. The molecule has 74 valence electrons. The monoisotopic (exact) mass is 189 g/mol. The van der Waals surface area contributed by atoms with Crippen molar-refractivity contribution in [2.24, 2.45) is 5.92 Å². The van der Waals surface area contributed by atoms with Gasteiger partial charge >= 0.3 is 0 Å². The van der Waals surface area contributed by atoms with Crippen molar-refractivity contribution in [2.75, 3.05) is 7.11 Å². The molecule has 0 bridgehead atoms. The van der Waals surface area contributed by atoms with Crippen LogP contribution in [0.15, 0.2) is 18.2 Å². The van der Waals surface area contributed by atoms with Gasteiger partial charge in [-0.2, -0.15) is 5.26 Å². The number of ether oxygens (including phenoxy) is 1. The van der Waals surface area contributed by atoms with E-state index in [1.165, 1.54) is 0 Å². The molecule has 0 spiro atoms. The first-order valence-corrected chi connectivity index (χ1v) is 4.74. The quantitative estimate of drug-likeness (QED) is 0.732. The number of nitrogens with zero attached hydrogens (tertiary/aromatic N) is 1. The number of hydrogen-bond donors (Lipinski definition) is 0. The first-order chi connectivity index (χ1) is 6.67. The summed E-state index contributed by atoms with van der Waals surface area (Å²) < 4.78 is 5.24. The van der Waals surface area contributed by atoms with Crippen molar-refractivity contribution >= 4 is 0 Å². The molecule has 0 unspecified atom stereocenters. The van der Waals surface area contributed by atoms with Gasteiger partial charge in [-0.3, -0.25) is 0 Å². The van der Waals surface area contributed by atoms with E-state index in [-0.39, 0.29) is 0 Å². The van der Waals surface area contributed by atoms with Crippen molar-refractivity contribution in [3.8, 4) is 11.8 Å². The van der Waals surface area contributed by atoms with Gasteiger partial charge in [0.15, 0.2) is 0 Å². The molecule has 0 saturated carbocycles. The highest BCUT2D eigenvalue weighted by atomic mass is 16.5. The smallest absolute Gasteiger partial charge is 0.122 e. The van der Waals surface area contributed by atoms with Gasteiger partial charge in [-0.05, 0) is 36.1 Å². The van der Waals surface area contributed by atoms with Gasteiger partial charge in [0, 0.05) is 0 Å². The third kappa shape index (κ3) is 2.50. The molecule has 0 aliphatic rings. The molecule has 14 heavy (non-hydrogen) atoms. The van der Waals surface area contributed by atoms with E-state index in [0.29, 0.717) is 11.5 Å². The second-order valence-corrected chi connectivity index (χ2v) is 3.74. The molecule has 1 rings (SSSR count). The van der Waals surface area contributed by atoms with Crippen molar-refractivity contribution in [1.29, 1.82) is 5.26 Å². The van der Waals surface area contributed by atoms with Gasteiger partial charge in [0.25, 0.3) is 0 Å². The lowest BCUT2D eigenvalue weighted by Crippen LogP contribution is -1.98. The predicted molar refractivity (Wildman–Crippen MR) is 56.3 cm³/mol. The number of methoxy groups -OCH3 is 1. The van der Waals surface area contributed by atoms with Gasteiger partial charge in [-0.1, -0.05) is 13.8 Å². The SMILES string of the molecule is COc1ccc(C#N)cc1CC(C)C. The lowest BCUT2D eigenvalue weighted by Gasteiger charge is -2.10. The molecular formula is C12H15NO. The van der Waals surface area contributed by atoms with Crippen molar-refractivity contribution in [2.45, 2.75) is 20.3 Å². The number of nitriles is 1. The minimum Gasteiger partial charge on any atom is -0.496 e. The van der Waals surface area contributed by atoms with Gasteiger partial charge in [-0.15, -0.1) is 0 Å². The second-order valence-electron chi connectivity index (χ2n) is 3.74. The fourth-order valence-corrected chi connectivity index (χ4v) is 1.45. The van der Waals surface area contributed by atoms with Gasteiger partial charge in [0.2, 0.25) is 0 Å². The Balaban J connectivity index is 3.03. The maximum atomic E-state index is 8.77. The van der Waals surface area contributed by atoms with Crippen LogP contribution < -0.4 is 4.74 Å². The molecule has 0 heterocycles. The lowest BCUT2D eigenvalue weighted by molar-refractivity contribution is 0.406. The summed E-state index contributed by atoms with van der Waals surface area (Å²) >= 11 is 0. The highest BCUT2D eigenvalue weighted by Gasteiger charge is 2.06. The average Bonchev–Trinajstić information content (AvgIpc) is 2.16. The average molecular weight is 189 g/mol. The van der Waals surface area contributed by atoms with Crippen LogP contribution in [-0.4, -0.2) is 7.11 Å². The van der Waals surface area contributed by atoms with E-state index in [2.05, 4.69) is 19.9 Å². The fourth-order valence-electron chi connectivity index (χ4n) is 1.45. The summed E-state index contributed by atoms with van der Waals surface area (Å²) in [5, 5.41) is 8.77. The fraction of sp³-hybridized carbons (Fsp3) is 0.417. The Morgan fingerprint density at radius 2 is 2.14 bits per heavy atom. The first kappa shape index (κ1) is 10.6. The first-order valence-electron chi connectivity index (χ1n) is 4.74. The van der Waals surface area contributed by atoms with Crippen LogP contribution in [0.4, 0.5) is 0 Å². The van der Waals surface area contributed by atoms with Crippen molar-refractivity contribution < 1.29 is 4.74 Å². The van der Waals surface area contributed by atoms with E-state index in [1.807, 2.05) is 12.1 Å². The summed E-state index contributed by atoms with van der Waals surface area (Å²) in [7, 11) is 1.66. The zero-order valence-corrected chi connectivity index (χ0v) is 8.87. The van der Waals surface area contributed by atoms with Crippen LogP contribution >= 0.6 is 0 Å². The Labute approximate surface area is 85.1 Å². The number of hydrogen-bond acceptors (Lipinski definition) is 2. The number of benzene rings is 1. The minimum absolute atomic E-state index is 0.567. The molecule has 0 radical (unpaired) electrons. The maximum absolute atomic E-state index is 8.77. The topological polar surface area (TPSA) is 33.0 Å². The molecule has 0 amide bonds. The van der Waals surface area contributed by atoms with Crippen LogP contribution in [0.5, 0.6) is 5.75 Å². The standard InChI is InChI=1S/C12H15NO/c1-9(2)6-11-7-10(8-13)4-5-12(11)14-3/h4-5,7,9H,6H2,1-3H3. The van der Waals surface area contributed by atoms with Crippen molar-refractivity contribution in [1.82, 2.24) is 0 Å². The van der Waals surface area contributed by atoms with E-state index >= 15 is 0 Å². The maximum Gasteiger partial charge on any atom is 0.122 e. The van der Waals surface area contributed by atoms with Gasteiger partial charge in [-0.25, -0.2) is 0 Å². The zero-order valence-electron chi connectivity index (χ0n) is 8.87. The zero-order chi connectivity index (χ0) is 10.6. The molecule has 0 saturated heterocycles. The van der Waals surface area contributed by atoms with Crippen LogP contribution in [0.25, 0.3) is 0 Å². The lowest BCUT2D eigenvalue weighted by atomic mass is 10.0. The van der Waals surface area contributed by atoms with E-state index in [0.717, 1.165) is 17.7 Å². The Morgan fingerprint density at radius 3 is 2.64 bits per heavy atom. The third-order valence-electron chi connectivity index (χ3n) is 2.04. The third-order valence-corrected chi connectivity index (χ3v) is 2.04. The van der Waals surface area contributed by atoms with E-state index in [1.54, 1.807) is 13.2 Å².